The molecule has 0 aliphatic heterocycles. The Morgan fingerprint density at radius 1 is 1.58 bits per heavy atom. The molecule has 0 amide bonds. The van der Waals surface area contributed by atoms with Crippen molar-refractivity contribution in [2.75, 3.05) is 5.32 Å². The van der Waals surface area contributed by atoms with E-state index in [0.717, 1.165) is 5.57 Å². The summed E-state index contributed by atoms with van der Waals surface area (Å²) < 4.78 is 0.559. The molecule has 19 heavy (non-hydrogen) atoms. The van der Waals surface area contributed by atoms with E-state index >= 15 is 0 Å². The second kappa shape index (κ2) is 6.84. The van der Waals surface area contributed by atoms with Crippen molar-refractivity contribution in [2.24, 2.45) is 0 Å². The number of anilines is 1. The van der Waals surface area contributed by atoms with Gasteiger partial charge in [0, 0.05) is 22.4 Å². The van der Waals surface area contributed by atoms with E-state index in [9.17, 15) is 10.1 Å². The fraction of sp³-hybridized carbons (Fsp3) is 0.154. The van der Waals surface area contributed by atoms with E-state index in [1.54, 1.807) is 12.2 Å². The minimum Gasteiger partial charge on any atom is -0.335 e. The fourth-order valence-corrected chi connectivity index (χ4v) is 1.56. The molecule has 0 fully saturated rings. The van der Waals surface area contributed by atoms with E-state index in [-0.39, 0.29) is 11.5 Å². The van der Waals surface area contributed by atoms with Crippen LogP contribution in [0.4, 0.5) is 11.5 Å². The third kappa shape index (κ3) is 4.67. The van der Waals surface area contributed by atoms with Gasteiger partial charge in [0.1, 0.15) is 0 Å². The van der Waals surface area contributed by atoms with Gasteiger partial charge in [0.05, 0.1) is 4.92 Å². The SMILES string of the molecule is C=C(C)/C=C\C(=C/C)Nc1ncc(Br)cc1[N+](=O)[O-]. The lowest BCUT2D eigenvalue weighted by Gasteiger charge is -2.07. The molecule has 0 saturated carbocycles. The number of hydrogen-bond acceptors (Lipinski definition) is 4. The lowest BCUT2D eigenvalue weighted by atomic mass is 10.2. The molecule has 1 aromatic rings. The number of nitrogens with one attached hydrogen (secondary N) is 1. The van der Waals surface area contributed by atoms with Crippen molar-refractivity contribution in [1.82, 2.24) is 4.98 Å². The van der Waals surface area contributed by atoms with Gasteiger partial charge in [0.25, 0.3) is 0 Å². The van der Waals surface area contributed by atoms with Crippen molar-refractivity contribution in [2.45, 2.75) is 13.8 Å². The van der Waals surface area contributed by atoms with Gasteiger partial charge in [0.2, 0.25) is 5.82 Å². The lowest BCUT2D eigenvalue weighted by Crippen LogP contribution is -2.03. The number of hydrogen-bond donors (Lipinski definition) is 1. The highest BCUT2D eigenvalue weighted by atomic mass is 79.9. The Hall–Kier alpha value is -1.95. The molecule has 0 unspecified atom stereocenters. The Kier molecular flexibility index (Phi) is 5.44. The molecule has 1 rings (SSSR count). The van der Waals surface area contributed by atoms with E-state index in [4.69, 9.17) is 0 Å². The van der Waals surface area contributed by atoms with E-state index in [0.29, 0.717) is 10.2 Å². The molecule has 0 aliphatic carbocycles. The van der Waals surface area contributed by atoms with Crippen LogP contribution in [-0.2, 0) is 0 Å². The van der Waals surface area contributed by atoms with Gasteiger partial charge >= 0.3 is 5.69 Å². The molecule has 5 nitrogen and oxygen atoms in total. The number of nitrogens with zero attached hydrogens (tertiary/aromatic N) is 2. The number of aromatic nitrogens is 1. The first kappa shape index (κ1) is 15.1. The van der Waals surface area contributed by atoms with Crippen LogP contribution in [0.1, 0.15) is 13.8 Å². The zero-order valence-corrected chi connectivity index (χ0v) is 12.3. The molecule has 0 bridgehead atoms. The van der Waals surface area contributed by atoms with Crippen LogP contribution in [0.2, 0.25) is 0 Å². The number of nitro groups is 1. The van der Waals surface area contributed by atoms with Gasteiger partial charge in [0.15, 0.2) is 0 Å². The van der Waals surface area contributed by atoms with Gasteiger partial charge in [-0.1, -0.05) is 24.3 Å². The molecular weight excluding hydrogens is 310 g/mol. The summed E-state index contributed by atoms with van der Waals surface area (Å²) in [6, 6.07) is 1.41. The van der Waals surface area contributed by atoms with Crippen LogP contribution < -0.4 is 5.32 Å². The number of halogens is 1. The first-order chi connectivity index (χ1) is 8.93. The van der Waals surface area contributed by atoms with Crippen LogP contribution >= 0.6 is 15.9 Å². The van der Waals surface area contributed by atoms with Crippen molar-refractivity contribution < 1.29 is 4.92 Å². The first-order valence-electron chi connectivity index (χ1n) is 5.51. The molecule has 0 aliphatic rings. The van der Waals surface area contributed by atoms with E-state index < -0.39 is 4.92 Å². The summed E-state index contributed by atoms with van der Waals surface area (Å²) in [6.07, 6.45) is 6.90. The zero-order chi connectivity index (χ0) is 14.4. The summed E-state index contributed by atoms with van der Waals surface area (Å²) in [7, 11) is 0. The van der Waals surface area contributed by atoms with Gasteiger partial charge in [-0.3, -0.25) is 10.1 Å². The molecule has 0 radical (unpaired) electrons. The molecule has 0 spiro atoms. The van der Waals surface area contributed by atoms with Gasteiger partial charge in [-0.15, -0.1) is 0 Å². The van der Waals surface area contributed by atoms with E-state index in [1.165, 1.54) is 12.3 Å². The van der Waals surface area contributed by atoms with Crippen LogP contribution in [0, 0.1) is 10.1 Å². The molecule has 6 heteroatoms. The standard InChI is InChI=1S/C13H14BrN3O2/c1-4-11(6-5-9(2)3)16-13-12(17(18)19)7-10(14)8-15-13/h4-8H,2H2,1,3H3,(H,15,16)/b6-5-,11-4+. The van der Waals surface area contributed by atoms with Crippen LogP contribution in [0.3, 0.4) is 0 Å². The molecule has 1 heterocycles. The minimum absolute atomic E-state index is 0.0857. The molecule has 1 N–H and O–H groups in total. The highest BCUT2D eigenvalue weighted by molar-refractivity contribution is 9.10. The molecule has 0 saturated heterocycles. The summed E-state index contributed by atoms with van der Waals surface area (Å²) >= 11 is 3.16. The average Bonchev–Trinajstić information content (AvgIpc) is 2.35. The molecule has 100 valence electrons. The Morgan fingerprint density at radius 2 is 2.26 bits per heavy atom. The predicted octanol–water partition coefficient (Wildman–Crippen LogP) is 4.20. The zero-order valence-electron chi connectivity index (χ0n) is 10.7. The van der Waals surface area contributed by atoms with Crippen LogP contribution in [-0.4, -0.2) is 9.91 Å². The minimum atomic E-state index is -0.476. The third-order valence-corrected chi connectivity index (χ3v) is 2.59. The lowest BCUT2D eigenvalue weighted by molar-refractivity contribution is -0.384. The summed E-state index contributed by atoms with van der Waals surface area (Å²) in [5.41, 5.74) is 1.51. The number of rotatable bonds is 5. The van der Waals surface area contributed by atoms with Crippen LogP contribution in [0.5, 0.6) is 0 Å². The van der Waals surface area contributed by atoms with Crippen LogP contribution in [0.25, 0.3) is 0 Å². The quantitative estimate of drug-likeness (QED) is 0.501. The average molecular weight is 324 g/mol. The summed E-state index contributed by atoms with van der Waals surface area (Å²) in [6.45, 7) is 7.45. The van der Waals surface area contributed by atoms with Gasteiger partial charge < -0.3 is 5.32 Å². The summed E-state index contributed by atoms with van der Waals surface area (Å²) in [4.78, 5) is 14.5. The number of pyridine rings is 1. The largest absolute Gasteiger partial charge is 0.335 e. The smallest absolute Gasteiger partial charge is 0.312 e. The Balaban J connectivity index is 3.04. The second-order valence-corrected chi connectivity index (χ2v) is 4.74. The first-order valence-corrected chi connectivity index (χ1v) is 6.30. The normalized spacial score (nSPS) is 11.6. The maximum Gasteiger partial charge on any atom is 0.312 e. The molecule has 0 atom stereocenters. The van der Waals surface area contributed by atoms with Crippen molar-refractivity contribution in [3.63, 3.8) is 0 Å². The molecular formula is C13H14BrN3O2. The Bertz CT molecular complexity index is 565. The maximum absolute atomic E-state index is 11.0. The number of allylic oxidation sites excluding steroid dienone is 4. The van der Waals surface area contributed by atoms with Crippen molar-refractivity contribution >= 4 is 27.4 Å². The van der Waals surface area contributed by atoms with Crippen molar-refractivity contribution in [3.05, 3.63) is 62.9 Å². The maximum atomic E-state index is 11.0. The summed E-state index contributed by atoms with van der Waals surface area (Å²) in [5, 5.41) is 13.9. The van der Waals surface area contributed by atoms with Crippen molar-refractivity contribution in [3.8, 4) is 0 Å². The Labute approximate surface area is 120 Å². The Morgan fingerprint density at radius 3 is 2.79 bits per heavy atom. The monoisotopic (exact) mass is 323 g/mol. The topological polar surface area (TPSA) is 68.1 Å². The van der Waals surface area contributed by atoms with Gasteiger partial charge in [-0.25, -0.2) is 4.98 Å². The van der Waals surface area contributed by atoms with Crippen LogP contribution in [0.15, 0.2) is 52.8 Å². The highest BCUT2D eigenvalue weighted by Gasteiger charge is 2.15. The summed E-state index contributed by atoms with van der Waals surface area (Å²) in [5.74, 6) is 0.202. The second-order valence-electron chi connectivity index (χ2n) is 3.83. The van der Waals surface area contributed by atoms with Crippen molar-refractivity contribution in [1.29, 1.82) is 0 Å². The van der Waals surface area contributed by atoms with E-state index in [1.807, 2.05) is 19.9 Å². The third-order valence-electron chi connectivity index (χ3n) is 2.15. The predicted molar refractivity (Wildman–Crippen MR) is 79.9 cm³/mol. The molecule has 0 aromatic carbocycles. The molecule has 1 aromatic heterocycles. The fourth-order valence-electron chi connectivity index (χ4n) is 1.24. The highest BCUT2D eigenvalue weighted by Crippen LogP contribution is 2.26. The van der Waals surface area contributed by atoms with E-state index in [2.05, 4.69) is 32.8 Å². The van der Waals surface area contributed by atoms with Gasteiger partial charge in [-0.05, 0) is 35.9 Å². The van der Waals surface area contributed by atoms with Gasteiger partial charge in [-0.2, -0.15) is 0 Å².